The summed E-state index contributed by atoms with van der Waals surface area (Å²) in [6, 6.07) is 13.3. The maximum absolute atomic E-state index is 9.00. The van der Waals surface area contributed by atoms with Crippen LogP contribution in [0.4, 0.5) is 11.5 Å². The lowest BCUT2D eigenvalue weighted by Gasteiger charge is -2.15. The van der Waals surface area contributed by atoms with Crippen molar-refractivity contribution in [1.29, 1.82) is 5.26 Å². The van der Waals surface area contributed by atoms with Gasteiger partial charge in [0.1, 0.15) is 5.65 Å². The van der Waals surface area contributed by atoms with Crippen LogP contribution in [0.2, 0.25) is 0 Å². The number of pyridine rings is 1. The Labute approximate surface area is 141 Å². The second-order valence-electron chi connectivity index (χ2n) is 6.83. The first-order valence-corrected chi connectivity index (χ1v) is 7.79. The van der Waals surface area contributed by atoms with Gasteiger partial charge in [-0.2, -0.15) is 5.26 Å². The number of aryl methyl sites for hydroxylation is 1. The number of hydrogen-bond acceptors (Lipinski definition) is 4. The highest BCUT2D eigenvalue weighted by atomic mass is 15.2. The second-order valence-corrected chi connectivity index (χ2v) is 6.83. The summed E-state index contributed by atoms with van der Waals surface area (Å²) in [4.78, 5) is 4.75. The van der Waals surface area contributed by atoms with Crippen LogP contribution in [0, 0.1) is 18.3 Å². The van der Waals surface area contributed by atoms with Crippen molar-refractivity contribution in [3.8, 4) is 6.07 Å². The molecule has 0 aliphatic rings. The molecule has 3 aromatic rings. The maximum Gasteiger partial charge on any atom is 0.183 e. The van der Waals surface area contributed by atoms with Crippen LogP contribution < -0.4 is 0 Å². The highest BCUT2D eigenvalue weighted by Crippen LogP contribution is 2.33. The molecule has 0 unspecified atom stereocenters. The Hall–Kier alpha value is -3.00. The Morgan fingerprint density at radius 1 is 1.12 bits per heavy atom. The van der Waals surface area contributed by atoms with E-state index in [0.29, 0.717) is 11.3 Å². The molecule has 0 atom stereocenters. The van der Waals surface area contributed by atoms with E-state index >= 15 is 0 Å². The summed E-state index contributed by atoms with van der Waals surface area (Å²) >= 11 is 0. The van der Waals surface area contributed by atoms with E-state index in [4.69, 9.17) is 10.2 Å². The molecule has 2 aromatic heterocycles. The highest BCUT2D eigenvalue weighted by molar-refractivity contribution is 5.55. The van der Waals surface area contributed by atoms with Gasteiger partial charge in [-0.1, -0.05) is 26.8 Å². The number of benzene rings is 1. The summed E-state index contributed by atoms with van der Waals surface area (Å²) in [5.74, 6) is 0.722. The van der Waals surface area contributed by atoms with Crippen LogP contribution in [0.25, 0.3) is 5.65 Å². The second kappa shape index (κ2) is 5.89. The average molecular weight is 317 g/mol. The van der Waals surface area contributed by atoms with Gasteiger partial charge in [0, 0.05) is 11.6 Å². The molecule has 5 nitrogen and oxygen atoms in total. The number of aromatic nitrogens is 2. The van der Waals surface area contributed by atoms with Crippen LogP contribution >= 0.6 is 0 Å². The highest BCUT2D eigenvalue weighted by Gasteiger charge is 2.24. The maximum atomic E-state index is 9.00. The average Bonchev–Trinajstić information content (AvgIpc) is 2.91. The summed E-state index contributed by atoms with van der Waals surface area (Å²) in [5, 5.41) is 17.8. The Balaban J connectivity index is 2.13. The lowest BCUT2D eigenvalue weighted by molar-refractivity contribution is 0.574. The van der Waals surface area contributed by atoms with Gasteiger partial charge >= 0.3 is 0 Å². The Morgan fingerprint density at radius 2 is 1.92 bits per heavy atom. The van der Waals surface area contributed by atoms with Crippen molar-refractivity contribution in [2.24, 2.45) is 10.2 Å². The minimum Gasteiger partial charge on any atom is -0.283 e. The third-order valence-corrected chi connectivity index (χ3v) is 3.70. The first-order chi connectivity index (χ1) is 11.4. The smallest absolute Gasteiger partial charge is 0.183 e. The minimum absolute atomic E-state index is 0.150. The van der Waals surface area contributed by atoms with Gasteiger partial charge in [-0.05, 0) is 42.8 Å². The van der Waals surface area contributed by atoms with Gasteiger partial charge in [0.25, 0.3) is 0 Å². The molecule has 3 rings (SSSR count). The van der Waals surface area contributed by atoms with Gasteiger partial charge in [-0.15, -0.1) is 10.2 Å². The topological polar surface area (TPSA) is 65.8 Å². The fourth-order valence-electron chi connectivity index (χ4n) is 2.48. The Morgan fingerprint density at radius 3 is 2.62 bits per heavy atom. The molecule has 0 fully saturated rings. The summed E-state index contributed by atoms with van der Waals surface area (Å²) in [7, 11) is 0. The van der Waals surface area contributed by atoms with Gasteiger partial charge in [0.15, 0.2) is 5.82 Å². The third kappa shape index (κ3) is 3.04. The molecule has 2 heterocycles. The zero-order chi connectivity index (χ0) is 17.3. The number of hydrogen-bond donors (Lipinski definition) is 0. The molecule has 1 aromatic carbocycles. The van der Waals surface area contributed by atoms with Gasteiger partial charge in [0.05, 0.1) is 23.0 Å². The molecule has 0 radical (unpaired) electrons. The zero-order valence-corrected chi connectivity index (χ0v) is 14.3. The Bertz CT molecular complexity index is 968. The van der Waals surface area contributed by atoms with Crippen molar-refractivity contribution >= 4 is 17.2 Å². The predicted molar refractivity (Wildman–Crippen MR) is 94.0 cm³/mol. The largest absolute Gasteiger partial charge is 0.283 e. The zero-order valence-electron chi connectivity index (χ0n) is 14.3. The number of nitriles is 1. The molecular weight excluding hydrogens is 298 g/mol. The van der Waals surface area contributed by atoms with Crippen LogP contribution in [-0.2, 0) is 5.41 Å². The molecule has 0 amide bonds. The molecule has 120 valence electrons. The first kappa shape index (κ1) is 15.9. The van der Waals surface area contributed by atoms with E-state index in [1.807, 2.05) is 35.7 Å². The van der Waals surface area contributed by atoms with E-state index < -0.39 is 0 Å². The molecular formula is C19H19N5. The first-order valence-electron chi connectivity index (χ1n) is 7.79. The monoisotopic (exact) mass is 317 g/mol. The third-order valence-electron chi connectivity index (χ3n) is 3.70. The van der Waals surface area contributed by atoms with E-state index in [0.717, 1.165) is 22.7 Å². The molecule has 0 saturated heterocycles. The van der Waals surface area contributed by atoms with Crippen molar-refractivity contribution in [1.82, 2.24) is 9.38 Å². The number of nitrogens with zero attached hydrogens (tertiary/aromatic N) is 5. The summed E-state index contributed by atoms with van der Waals surface area (Å²) in [6.07, 6.45) is 1.97. The fraction of sp³-hybridized carbons (Fsp3) is 0.263. The van der Waals surface area contributed by atoms with Crippen molar-refractivity contribution in [3.63, 3.8) is 0 Å². The van der Waals surface area contributed by atoms with E-state index in [9.17, 15) is 0 Å². The van der Waals surface area contributed by atoms with E-state index in [1.165, 1.54) is 0 Å². The number of rotatable bonds is 2. The summed E-state index contributed by atoms with van der Waals surface area (Å²) in [6.45, 7) is 8.37. The molecule has 24 heavy (non-hydrogen) atoms. The molecule has 0 saturated carbocycles. The quantitative estimate of drug-likeness (QED) is 0.607. The number of azo groups is 1. The van der Waals surface area contributed by atoms with Crippen molar-refractivity contribution in [2.75, 3.05) is 0 Å². The molecule has 5 heteroatoms. The molecule has 0 bridgehead atoms. The van der Waals surface area contributed by atoms with Gasteiger partial charge in [0.2, 0.25) is 0 Å². The van der Waals surface area contributed by atoms with Gasteiger partial charge in [-0.3, -0.25) is 4.40 Å². The van der Waals surface area contributed by atoms with Crippen LogP contribution in [0.15, 0.2) is 52.8 Å². The van der Waals surface area contributed by atoms with Crippen molar-refractivity contribution in [3.05, 3.63) is 59.4 Å². The van der Waals surface area contributed by atoms with Crippen LogP contribution in [0.1, 0.15) is 37.6 Å². The van der Waals surface area contributed by atoms with Crippen molar-refractivity contribution < 1.29 is 0 Å². The van der Waals surface area contributed by atoms with Crippen molar-refractivity contribution in [2.45, 2.75) is 33.1 Å². The van der Waals surface area contributed by atoms with Crippen LogP contribution in [-0.4, -0.2) is 9.38 Å². The predicted octanol–water partition coefficient (Wildman–Crippen LogP) is 5.23. The lowest BCUT2D eigenvalue weighted by atomic mass is 9.92. The SMILES string of the molecule is Cc1ccn2c(N=Nc3cccc(C#N)c3)c(C(C)(C)C)nc2c1. The van der Waals surface area contributed by atoms with E-state index in [1.54, 1.807) is 18.2 Å². The summed E-state index contributed by atoms with van der Waals surface area (Å²) < 4.78 is 1.95. The molecule has 0 aliphatic heterocycles. The summed E-state index contributed by atoms with van der Waals surface area (Å²) in [5.41, 5.74) is 3.97. The van der Waals surface area contributed by atoms with E-state index in [2.05, 4.69) is 37.1 Å². The fourth-order valence-corrected chi connectivity index (χ4v) is 2.48. The Kier molecular flexibility index (Phi) is 3.90. The van der Waals surface area contributed by atoms with Gasteiger partial charge in [-0.25, -0.2) is 4.98 Å². The normalized spacial score (nSPS) is 12.0. The molecule has 0 aliphatic carbocycles. The lowest BCUT2D eigenvalue weighted by Crippen LogP contribution is -2.11. The number of fused-ring (bicyclic) bond motifs is 1. The van der Waals surface area contributed by atoms with Crippen LogP contribution in [0.3, 0.4) is 0 Å². The number of imidazole rings is 1. The van der Waals surface area contributed by atoms with Crippen LogP contribution in [0.5, 0.6) is 0 Å². The van der Waals surface area contributed by atoms with Gasteiger partial charge < -0.3 is 0 Å². The minimum atomic E-state index is -0.150. The standard InChI is InChI=1S/C19H19N5/c1-13-8-9-24-16(10-13)21-17(19(2,3)4)18(24)23-22-15-7-5-6-14(11-15)12-20/h5-11H,1-4H3. The molecule has 0 spiro atoms. The van der Waals surface area contributed by atoms with E-state index in [-0.39, 0.29) is 5.41 Å². The molecule has 0 N–H and O–H groups in total.